The minimum atomic E-state index is -3.91. The maximum atomic E-state index is 12.3. The summed E-state index contributed by atoms with van der Waals surface area (Å²) in [5.74, 6) is 0.0915. The highest BCUT2D eigenvalue weighted by molar-refractivity contribution is 7.89. The number of amides is 1. The van der Waals surface area contributed by atoms with Gasteiger partial charge in [-0.05, 0) is 43.9 Å². The summed E-state index contributed by atoms with van der Waals surface area (Å²) < 4.78 is 22.9. The lowest BCUT2D eigenvalue weighted by Gasteiger charge is -2.17. The summed E-state index contributed by atoms with van der Waals surface area (Å²) >= 11 is 5.99. The molecule has 0 heterocycles. The van der Waals surface area contributed by atoms with Gasteiger partial charge in [0.05, 0.1) is 4.90 Å². The van der Waals surface area contributed by atoms with Crippen LogP contribution in [0.3, 0.4) is 0 Å². The van der Waals surface area contributed by atoms with E-state index in [-0.39, 0.29) is 27.4 Å². The van der Waals surface area contributed by atoms with Crippen LogP contribution in [-0.2, 0) is 10.0 Å². The Balaban J connectivity index is 3.12. The van der Waals surface area contributed by atoms with Crippen LogP contribution >= 0.6 is 11.6 Å². The molecule has 3 N–H and O–H groups in total. The van der Waals surface area contributed by atoms with Gasteiger partial charge in [-0.1, -0.05) is 25.4 Å². The first-order valence-electron chi connectivity index (χ1n) is 6.66. The molecule has 0 radical (unpaired) electrons. The predicted octanol–water partition coefficient (Wildman–Crippen LogP) is 2.46. The van der Waals surface area contributed by atoms with Gasteiger partial charge in [0.25, 0.3) is 5.91 Å². The van der Waals surface area contributed by atoms with Gasteiger partial charge in [0.2, 0.25) is 10.0 Å². The molecule has 1 atom stereocenters. The van der Waals surface area contributed by atoms with E-state index in [1.807, 2.05) is 6.92 Å². The average molecular weight is 333 g/mol. The predicted molar refractivity (Wildman–Crippen MR) is 83.9 cm³/mol. The first-order valence-corrected chi connectivity index (χ1v) is 8.58. The zero-order valence-electron chi connectivity index (χ0n) is 12.6. The number of sulfonamides is 1. The van der Waals surface area contributed by atoms with Crippen molar-refractivity contribution < 1.29 is 13.2 Å². The molecule has 0 aliphatic heterocycles. The number of nitrogens with two attached hydrogens (primary N) is 1. The molecule has 5 nitrogen and oxygen atoms in total. The highest BCUT2D eigenvalue weighted by Gasteiger charge is 2.19. The Hall–Kier alpha value is -1.11. The normalized spacial score (nSPS) is 13.3. The van der Waals surface area contributed by atoms with Gasteiger partial charge in [0, 0.05) is 16.6 Å². The molecule has 1 aromatic rings. The summed E-state index contributed by atoms with van der Waals surface area (Å²) in [4.78, 5) is 12.1. The van der Waals surface area contributed by atoms with E-state index in [9.17, 15) is 13.2 Å². The van der Waals surface area contributed by atoms with Crippen molar-refractivity contribution in [2.45, 2.75) is 45.1 Å². The third-order valence-electron chi connectivity index (χ3n) is 3.09. The SMILES string of the molecule is Cc1c(Cl)cc(S(N)(=O)=O)cc1C(=O)NC(C)CC(C)C. The van der Waals surface area contributed by atoms with Gasteiger partial charge in [-0.25, -0.2) is 13.6 Å². The molecule has 0 aliphatic carbocycles. The maximum absolute atomic E-state index is 12.3. The summed E-state index contributed by atoms with van der Waals surface area (Å²) in [5.41, 5.74) is 0.750. The van der Waals surface area contributed by atoms with Crippen molar-refractivity contribution in [3.8, 4) is 0 Å². The fourth-order valence-corrected chi connectivity index (χ4v) is 2.97. The highest BCUT2D eigenvalue weighted by atomic mass is 35.5. The molecular weight excluding hydrogens is 312 g/mol. The molecule has 0 aromatic heterocycles. The van der Waals surface area contributed by atoms with Crippen LogP contribution in [-0.4, -0.2) is 20.4 Å². The zero-order valence-corrected chi connectivity index (χ0v) is 14.2. The monoisotopic (exact) mass is 332 g/mol. The molecule has 0 spiro atoms. The van der Waals surface area contributed by atoms with E-state index in [0.717, 1.165) is 6.42 Å². The van der Waals surface area contributed by atoms with Crippen molar-refractivity contribution in [3.63, 3.8) is 0 Å². The van der Waals surface area contributed by atoms with Crippen molar-refractivity contribution in [1.29, 1.82) is 0 Å². The second-order valence-corrected chi connectivity index (χ2v) is 7.60. The maximum Gasteiger partial charge on any atom is 0.251 e. The Morgan fingerprint density at radius 3 is 2.38 bits per heavy atom. The van der Waals surface area contributed by atoms with E-state index < -0.39 is 10.0 Å². The van der Waals surface area contributed by atoms with Crippen molar-refractivity contribution >= 4 is 27.5 Å². The van der Waals surface area contributed by atoms with Gasteiger partial charge in [-0.3, -0.25) is 4.79 Å². The van der Waals surface area contributed by atoms with E-state index in [2.05, 4.69) is 19.2 Å². The van der Waals surface area contributed by atoms with E-state index in [1.165, 1.54) is 12.1 Å². The van der Waals surface area contributed by atoms with Crippen molar-refractivity contribution in [2.75, 3.05) is 0 Å². The lowest BCUT2D eigenvalue weighted by Crippen LogP contribution is -2.34. The summed E-state index contributed by atoms with van der Waals surface area (Å²) in [6, 6.07) is 2.49. The van der Waals surface area contributed by atoms with E-state index in [4.69, 9.17) is 16.7 Å². The molecule has 0 bridgehead atoms. The number of rotatable bonds is 5. The Kier molecular flexibility index (Phi) is 5.78. The summed E-state index contributed by atoms with van der Waals surface area (Å²) in [5, 5.41) is 8.13. The second-order valence-electron chi connectivity index (χ2n) is 5.63. The third kappa shape index (κ3) is 4.98. The molecule has 1 aromatic carbocycles. The zero-order chi connectivity index (χ0) is 16.4. The van der Waals surface area contributed by atoms with Crippen LogP contribution < -0.4 is 10.5 Å². The Morgan fingerprint density at radius 1 is 1.33 bits per heavy atom. The number of hydrogen-bond donors (Lipinski definition) is 2. The largest absolute Gasteiger partial charge is 0.350 e. The molecule has 21 heavy (non-hydrogen) atoms. The van der Waals surface area contributed by atoms with E-state index >= 15 is 0 Å². The number of carbonyl (C=O) groups excluding carboxylic acids is 1. The smallest absolute Gasteiger partial charge is 0.251 e. The molecule has 118 valence electrons. The van der Waals surface area contributed by atoms with Crippen molar-refractivity contribution in [2.24, 2.45) is 11.1 Å². The van der Waals surface area contributed by atoms with Crippen LogP contribution in [0, 0.1) is 12.8 Å². The van der Waals surface area contributed by atoms with Gasteiger partial charge >= 0.3 is 0 Å². The Bertz CT molecular complexity index is 642. The summed E-state index contributed by atoms with van der Waals surface area (Å²) in [7, 11) is -3.91. The molecule has 1 amide bonds. The molecule has 0 aliphatic rings. The summed E-state index contributed by atoms with van der Waals surface area (Å²) in [6.07, 6.45) is 0.827. The minimum Gasteiger partial charge on any atom is -0.350 e. The minimum absolute atomic E-state index is 0.0196. The van der Waals surface area contributed by atoms with Crippen LogP contribution in [0.5, 0.6) is 0 Å². The van der Waals surface area contributed by atoms with Gasteiger partial charge in [0.1, 0.15) is 0 Å². The number of hydrogen-bond acceptors (Lipinski definition) is 3. The second kappa shape index (κ2) is 6.77. The van der Waals surface area contributed by atoms with E-state index in [1.54, 1.807) is 6.92 Å². The van der Waals surface area contributed by atoms with Crippen molar-refractivity contribution in [3.05, 3.63) is 28.3 Å². The number of halogens is 1. The van der Waals surface area contributed by atoms with Crippen LogP contribution in [0.2, 0.25) is 5.02 Å². The number of primary sulfonamides is 1. The molecule has 0 saturated heterocycles. The lowest BCUT2D eigenvalue weighted by atomic mass is 10.0. The molecule has 0 saturated carbocycles. The number of benzene rings is 1. The Labute approximate surface area is 130 Å². The van der Waals surface area contributed by atoms with Crippen LogP contribution in [0.25, 0.3) is 0 Å². The standard InChI is InChI=1S/C14H21ClN2O3S/c1-8(2)5-9(3)17-14(18)12-6-11(21(16,19)20)7-13(15)10(12)4/h6-9H,5H2,1-4H3,(H,17,18)(H2,16,19,20). The first-order chi connectivity index (χ1) is 9.52. The van der Waals surface area contributed by atoms with E-state index in [0.29, 0.717) is 11.5 Å². The molecule has 1 unspecified atom stereocenters. The fourth-order valence-electron chi connectivity index (χ4n) is 2.12. The van der Waals surface area contributed by atoms with Crippen molar-refractivity contribution in [1.82, 2.24) is 5.32 Å². The molecule has 1 rings (SSSR count). The fraction of sp³-hybridized carbons (Fsp3) is 0.500. The highest BCUT2D eigenvalue weighted by Crippen LogP contribution is 2.24. The lowest BCUT2D eigenvalue weighted by molar-refractivity contribution is 0.0935. The van der Waals surface area contributed by atoms with Gasteiger partial charge in [-0.2, -0.15) is 0 Å². The van der Waals surface area contributed by atoms with Crippen LogP contribution in [0.4, 0.5) is 0 Å². The quantitative estimate of drug-likeness (QED) is 0.867. The molecular formula is C14H21ClN2O3S. The topological polar surface area (TPSA) is 89.3 Å². The third-order valence-corrected chi connectivity index (χ3v) is 4.38. The number of carbonyl (C=O) groups is 1. The molecule has 7 heteroatoms. The van der Waals surface area contributed by atoms with Crippen LogP contribution in [0.1, 0.15) is 43.1 Å². The average Bonchev–Trinajstić information content (AvgIpc) is 2.29. The first kappa shape index (κ1) is 17.9. The van der Waals surface area contributed by atoms with Crippen LogP contribution in [0.15, 0.2) is 17.0 Å². The molecule has 0 fully saturated rings. The number of nitrogens with one attached hydrogen (secondary N) is 1. The van der Waals surface area contributed by atoms with Gasteiger partial charge in [-0.15, -0.1) is 0 Å². The Morgan fingerprint density at radius 2 is 1.90 bits per heavy atom. The van der Waals surface area contributed by atoms with Gasteiger partial charge in [0.15, 0.2) is 0 Å². The summed E-state index contributed by atoms with van der Waals surface area (Å²) in [6.45, 7) is 7.69. The van der Waals surface area contributed by atoms with Gasteiger partial charge < -0.3 is 5.32 Å².